The number of likely N-dealkylation sites (N-methyl/N-ethyl adjacent to an activating group) is 1. The van der Waals surface area contributed by atoms with Crippen LogP contribution in [0.25, 0.3) is 0 Å². The van der Waals surface area contributed by atoms with Crippen LogP contribution in [0.15, 0.2) is 29.3 Å². The Kier molecular flexibility index (Phi) is 8.02. The molecular weight excluding hydrogens is 357 g/mol. The van der Waals surface area contributed by atoms with Crippen molar-refractivity contribution in [3.8, 4) is 0 Å². The van der Waals surface area contributed by atoms with E-state index in [2.05, 4.69) is 10.3 Å². The van der Waals surface area contributed by atoms with E-state index in [1.165, 1.54) is 0 Å². The summed E-state index contributed by atoms with van der Waals surface area (Å²) >= 11 is 5.85. The van der Waals surface area contributed by atoms with E-state index < -0.39 is 18.6 Å². The predicted molar refractivity (Wildman–Crippen MR) is 92.6 cm³/mol. The highest BCUT2D eigenvalue weighted by molar-refractivity contribution is 6.30. The number of hydrogen-bond donors (Lipinski definition) is 1. The molecule has 0 spiro atoms. The Morgan fingerprint density at radius 2 is 1.80 bits per heavy atom. The van der Waals surface area contributed by atoms with E-state index in [1.54, 1.807) is 24.1 Å². The van der Waals surface area contributed by atoms with Crippen LogP contribution in [-0.4, -0.2) is 61.6 Å². The van der Waals surface area contributed by atoms with E-state index in [9.17, 15) is 18.0 Å². The maximum atomic E-state index is 12.3. The topological polar surface area (TPSA) is 47.9 Å². The number of nitrogens with zero attached hydrogens (tertiary/aromatic N) is 3. The van der Waals surface area contributed by atoms with Gasteiger partial charge in [-0.2, -0.15) is 13.2 Å². The molecular formula is C16H22ClF3N4O. The molecule has 1 aromatic carbocycles. The van der Waals surface area contributed by atoms with Crippen LogP contribution in [0.4, 0.5) is 13.2 Å². The molecule has 25 heavy (non-hydrogen) atoms. The van der Waals surface area contributed by atoms with E-state index in [1.807, 2.05) is 19.1 Å². The van der Waals surface area contributed by atoms with Crippen molar-refractivity contribution in [3.05, 3.63) is 34.9 Å². The van der Waals surface area contributed by atoms with Gasteiger partial charge in [0, 0.05) is 32.2 Å². The minimum atomic E-state index is -4.43. The molecule has 0 aliphatic heterocycles. The number of carbonyl (C=O) groups excluding carboxylic acids is 1. The van der Waals surface area contributed by atoms with Gasteiger partial charge in [0.25, 0.3) is 0 Å². The number of alkyl halides is 3. The van der Waals surface area contributed by atoms with Gasteiger partial charge in [0.15, 0.2) is 5.96 Å². The molecule has 0 aliphatic rings. The molecule has 1 N–H and O–H groups in total. The predicted octanol–water partition coefficient (Wildman–Crippen LogP) is 2.76. The van der Waals surface area contributed by atoms with Crippen LogP contribution in [0.1, 0.15) is 12.5 Å². The highest BCUT2D eigenvalue weighted by Crippen LogP contribution is 2.15. The summed E-state index contributed by atoms with van der Waals surface area (Å²) in [6.07, 6.45) is -4.43. The molecule has 0 aliphatic carbocycles. The number of carbonyl (C=O) groups is 1. The van der Waals surface area contributed by atoms with Crippen molar-refractivity contribution in [1.82, 2.24) is 15.1 Å². The molecule has 0 fully saturated rings. The summed E-state index contributed by atoms with van der Waals surface area (Å²) in [4.78, 5) is 18.3. The summed E-state index contributed by atoms with van der Waals surface area (Å²) in [6.45, 7) is 1.29. The van der Waals surface area contributed by atoms with Crippen molar-refractivity contribution >= 4 is 23.5 Å². The van der Waals surface area contributed by atoms with Crippen molar-refractivity contribution in [3.63, 3.8) is 0 Å². The molecule has 0 radical (unpaired) electrons. The first-order valence-corrected chi connectivity index (χ1v) is 8.04. The van der Waals surface area contributed by atoms with Crippen LogP contribution < -0.4 is 5.32 Å². The third kappa shape index (κ3) is 8.11. The lowest BCUT2D eigenvalue weighted by Gasteiger charge is -2.23. The van der Waals surface area contributed by atoms with E-state index >= 15 is 0 Å². The first-order valence-electron chi connectivity index (χ1n) is 7.67. The van der Waals surface area contributed by atoms with E-state index in [4.69, 9.17) is 11.6 Å². The molecule has 0 heterocycles. The number of guanidine groups is 1. The van der Waals surface area contributed by atoms with Gasteiger partial charge >= 0.3 is 6.18 Å². The number of hydrogen-bond acceptors (Lipinski definition) is 2. The molecule has 0 aromatic heterocycles. The Morgan fingerprint density at radius 1 is 1.20 bits per heavy atom. The van der Waals surface area contributed by atoms with Crippen LogP contribution in [0, 0.1) is 0 Å². The highest BCUT2D eigenvalue weighted by atomic mass is 35.5. The Bertz CT molecular complexity index is 590. The van der Waals surface area contributed by atoms with Crippen LogP contribution in [0.5, 0.6) is 0 Å². The molecule has 0 unspecified atom stereocenters. The summed E-state index contributed by atoms with van der Waals surface area (Å²) in [5, 5.41) is 3.64. The SMILES string of the molecule is CCNC(=NCC(=O)N(C)CC(F)(F)F)N(C)Cc1ccc(Cl)cc1. The van der Waals surface area contributed by atoms with Crippen molar-refractivity contribution < 1.29 is 18.0 Å². The van der Waals surface area contributed by atoms with E-state index in [-0.39, 0.29) is 6.54 Å². The Labute approximate surface area is 150 Å². The van der Waals surface area contributed by atoms with Gasteiger partial charge in [-0.1, -0.05) is 23.7 Å². The largest absolute Gasteiger partial charge is 0.406 e. The quantitative estimate of drug-likeness (QED) is 0.611. The smallest absolute Gasteiger partial charge is 0.357 e. The van der Waals surface area contributed by atoms with Crippen molar-refractivity contribution in [2.24, 2.45) is 4.99 Å². The number of halogens is 4. The number of nitrogens with one attached hydrogen (secondary N) is 1. The van der Waals surface area contributed by atoms with Crippen molar-refractivity contribution in [1.29, 1.82) is 0 Å². The standard InChI is InChI=1S/C16H22ClF3N4O/c1-4-21-15(22-9-14(25)24(3)11-16(18,19)20)23(2)10-12-5-7-13(17)8-6-12/h5-8H,4,9-11H2,1-3H3,(H,21,22). The lowest BCUT2D eigenvalue weighted by atomic mass is 10.2. The molecule has 1 aromatic rings. The van der Waals surface area contributed by atoms with Crippen LogP contribution in [0.2, 0.25) is 5.02 Å². The summed E-state index contributed by atoms with van der Waals surface area (Å²) in [6, 6.07) is 7.27. The number of aliphatic imine (C=N–C) groups is 1. The summed E-state index contributed by atoms with van der Waals surface area (Å²) in [5.41, 5.74) is 0.984. The van der Waals surface area contributed by atoms with E-state index in [0.29, 0.717) is 29.0 Å². The monoisotopic (exact) mass is 378 g/mol. The van der Waals surface area contributed by atoms with Gasteiger partial charge in [-0.3, -0.25) is 4.79 Å². The molecule has 9 heteroatoms. The van der Waals surface area contributed by atoms with Gasteiger partial charge in [-0.15, -0.1) is 0 Å². The second-order valence-corrected chi connectivity index (χ2v) is 5.95. The third-order valence-corrected chi connectivity index (χ3v) is 3.49. The fourth-order valence-electron chi connectivity index (χ4n) is 2.03. The summed E-state index contributed by atoms with van der Waals surface area (Å²) in [5.74, 6) is -0.265. The zero-order chi connectivity index (χ0) is 19.0. The maximum absolute atomic E-state index is 12.3. The Balaban J connectivity index is 2.71. The molecule has 1 amide bonds. The summed E-state index contributed by atoms with van der Waals surface area (Å²) in [7, 11) is 2.88. The minimum Gasteiger partial charge on any atom is -0.357 e. The average molecular weight is 379 g/mol. The molecule has 0 atom stereocenters. The van der Waals surface area contributed by atoms with Gasteiger partial charge in [0.05, 0.1) is 0 Å². The Hall–Kier alpha value is -1.96. The van der Waals surface area contributed by atoms with Crippen LogP contribution in [0.3, 0.4) is 0 Å². The fraction of sp³-hybridized carbons (Fsp3) is 0.500. The first-order chi connectivity index (χ1) is 11.6. The maximum Gasteiger partial charge on any atom is 0.406 e. The molecule has 0 bridgehead atoms. The normalized spacial score (nSPS) is 12.0. The molecule has 1 rings (SSSR count). The highest BCUT2D eigenvalue weighted by Gasteiger charge is 2.31. The van der Waals surface area contributed by atoms with Crippen LogP contribution in [-0.2, 0) is 11.3 Å². The van der Waals surface area contributed by atoms with Crippen molar-refractivity contribution in [2.45, 2.75) is 19.6 Å². The second kappa shape index (κ2) is 9.50. The average Bonchev–Trinajstić information content (AvgIpc) is 2.51. The van der Waals surface area contributed by atoms with Crippen molar-refractivity contribution in [2.75, 3.05) is 33.7 Å². The third-order valence-electron chi connectivity index (χ3n) is 3.24. The van der Waals surface area contributed by atoms with Gasteiger partial charge in [-0.05, 0) is 24.6 Å². The molecule has 0 saturated heterocycles. The number of amides is 1. The van der Waals surface area contributed by atoms with Gasteiger partial charge < -0.3 is 15.1 Å². The lowest BCUT2D eigenvalue weighted by Crippen LogP contribution is -2.41. The zero-order valence-corrected chi connectivity index (χ0v) is 15.2. The van der Waals surface area contributed by atoms with Crippen LogP contribution >= 0.6 is 11.6 Å². The van der Waals surface area contributed by atoms with Gasteiger partial charge in [0.1, 0.15) is 13.1 Å². The second-order valence-electron chi connectivity index (χ2n) is 5.52. The fourth-order valence-corrected chi connectivity index (χ4v) is 2.15. The summed E-state index contributed by atoms with van der Waals surface area (Å²) < 4.78 is 37.0. The molecule has 5 nitrogen and oxygen atoms in total. The zero-order valence-electron chi connectivity index (χ0n) is 14.4. The molecule has 140 valence electrons. The van der Waals surface area contributed by atoms with Gasteiger partial charge in [0.2, 0.25) is 5.91 Å². The Morgan fingerprint density at radius 3 is 2.32 bits per heavy atom. The lowest BCUT2D eigenvalue weighted by molar-refractivity contribution is -0.157. The number of rotatable bonds is 6. The van der Waals surface area contributed by atoms with Gasteiger partial charge in [-0.25, -0.2) is 4.99 Å². The minimum absolute atomic E-state index is 0.361. The molecule has 0 saturated carbocycles. The van der Waals surface area contributed by atoms with E-state index in [0.717, 1.165) is 12.6 Å². The first kappa shape index (κ1) is 21.1. The number of benzene rings is 1.